The summed E-state index contributed by atoms with van der Waals surface area (Å²) in [7, 11) is 1.64. The second-order valence-corrected chi connectivity index (χ2v) is 6.87. The Morgan fingerprint density at radius 3 is 2.42 bits per heavy atom. The van der Waals surface area contributed by atoms with Crippen molar-refractivity contribution in [2.24, 2.45) is 5.73 Å². The van der Waals surface area contributed by atoms with Crippen LogP contribution in [-0.2, 0) is 0 Å². The van der Waals surface area contributed by atoms with Crippen molar-refractivity contribution in [1.29, 1.82) is 0 Å². The first-order valence-electron chi connectivity index (χ1n) is 8.10. The number of thiazole rings is 1. The zero-order valence-corrected chi connectivity index (χ0v) is 14.9. The third-order valence-corrected chi connectivity index (χ3v) is 5.30. The van der Waals surface area contributed by atoms with Gasteiger partial charge in [-0.3, -0.25) is 4.79 Å². The van der Waals surface area contributed by atoms with Crippen molar-refractivity contribution in [2.45, 2.75) is 0 Å². The SMILES string of the molecule is COc1ccc(-c2ccc(C(N)=O)c(-c3nc4ccccc4s3)c2)cc1. The molecule has 128 valence electrons. The van der Waals surface area contributed by atoms with Crippen LogP contribution in [-0.4, -0.2) is 18.0 Å². The van der Waals surface area contributed by atoms with Crippen LogP contribution in [0.5, 0.6) is 5.75 Å². The number of methoxy groups -OCH3 is 1. The van der Waals surface area contributed by atoms with Gasteiger partial charge < -0.3 is 10.5 Å². The number of aromatic nitrogens is 1. The molecule has 1 amide bonds. The average Bonchev–Trinajstić information content (AvgIpc) is 3.11. The standard InChI is InChI=1S/C21H16N2O2S/c1-25-15-9-6-13(7-10-15)14-8-11-16(20(22)24)17(12-14)21-23-18-4-2-3-5-19(18)26-21/h2-12H,1H3,(H2,22,24). The van der Waals surface area contributed by atoms with Crippen LogP contribution >= 0.6 is 11.3 Å². The van der Waals surface area contributed by atoms with E-state index in [-0.39, 0.29) is 0 Å². The third-order valence-electron chi connectivity index (χ3n) is 4.23. The fourth-order valence-corrected chi connectivity index (χ4v) is 3.88. The zero-order valence-electron chi connectivity index (χ0n) is 14.1. The van der Waals surface area contributed by atoms with E-state index in [1.807, 2.05) is 60.7 Å². The second kappa shape index (κ2) is 6.61. The van der Waals surface area contributed by atoms with Crippen LogP contribution in [0.4, 0.5) is 0 Å². The lowest BCUT2D eigenvalue weighted by atomic mass is 9.99. The summed E-state index contributed by atoms with van der Waals surface area (Å²) < 4.78 is 6.29. The summed E-state index contributed by atoms with van der Waals surface area (Å²) in [6.07, 6.45) is 0. The van der Waals surface area contributed by atoms with Crippen molar-refractivity contribution in [3.05, 3.63) is 72.3 Å². The molecule has 0 bridgehead atoms. The van der Waals surface area contributed by atoms with Crippen molar-refractivity contribution in [1.82, 2.24) is 4.98 Å². The van der Waals surface area contributed by atoms with Crippen LogP contribution in [0.1, 0.15) is 10.4 Å². The van der Waals surface area contributed by atoms with Gasteiger partial charge in [0.1, 0.15) is 10.8 Å². The highest BCUT2D eigenvalue weighted by molar-refractivity contribution is 7.21. The maximum absolute atomic E-state index is 11.9. The molecule has 0 atom stereocenters. The van der Waals surface area contributed by atoms with Gasteiger partial charge in [-0.1, -0.05) is 30.3 Å². The first kappa shape index (κ1) is 16.3. The Hall–Kier alpha value is -3.18. The summed E-state index contributed by atoms with van der Waals surface area (Å²) in [5.41, 5.74) is 9.76. The fraction of sp³-hybridized carbons (Fsp3) is 0.0476. The van der Waals surface area contributed by atoms with Crippen LogP contribution in [0.15, 0.2) is 66.7 Å². The molecular formula is C21H16N2O2S. The first-order chi connectivity index (χ1) is 12.7. The molecular weight excluding hydrogens is 344 g/mol. The molecule has 0 aliphatic heterocycles. The number of carbonyl (C=O) groups is 1. The van der Waals surface area contributed by atoms with Crippen molar-refractivity contribution < 1.29 is 9.53 Å². The Morgan fingerprint density at radius 1 is 1.00 bits per heavy atom. The molecule has 26 heavy (non-hydrogen) atoms. The minimum absolute atomic E-state index is 0.458. The molecule has 0 saturated carbocycles. The molecule has 0 radical (unpaired) electrons. The van der Waals surface area contributed by atoms with Gasteiger partial charge >= 0.3 is 0 Å². The summed E-state index contributed by atoms with van der Waals surface area (Å²) in [6, 6.07) is 21.4. The number of fused-ring (bicyclic) bond motifs is 1. The molecule has 0 unspecified atom stereocenters. The summed E-state index contributed by atoms with van der Waals surface area (Å²) in [5.74, 6) is 0.342. The van der Waals surface area contributed by atoms with E-state index >= 15 is 0 Å². The highest BCUT2D eigenvalue weighted by Gasteiger charge is 2.15. The lowest BCUT2D eigenvalue weighted by Crippen LogP contribution is -2.12. The van der Waals surface area contributed by atoms with Gasteiger partial charge in [0.15, 0.2) is 0 Å². The topological polar surface area (TPSA) is 65.2 Å². The van der Waals surface area contributed by atoms with Crippen LogP contribution < -0.4 is 10.5 Å². The summed E-state index contributed by atoms with van der Waals surface area (Å²) in [4.78, 5) is 16.6. The third kappa shape index (κ3) is 2.93. The van der Waals surface area contributed by atoms with E-state index in [0.29, 0.717) is 5.56 Å². The number of primary amides is 1. The van der Waals surface area contributed by atoms with Crippen LogP contribution in [0.3, 0.4) is 0 Å². The Morgan fingerprint density at radius 2 is 1.73 bits per heavy atom. The van der Waals surface area contributed by atoms with E-state index in [2.05, 4.69) is 4.98 Å². The van der Waals surface area contributed by atoms with Crippen LogP contribution in [0, 0.1) is 0 Å². The maximum Gasteiger partial charge on any atom is 0.249 e. The molecule has 0 aliphatic carbocycles. The highest BCUT2D eigenvalue weighted by Crippen LogP contribution is 2.35. The average molecular weight is 360 g/mol. The quantitative estimate of drug-likeness (QED) is 0.572. The van der Waals surface area contributed by atoms with Crippen molar-refractivity contribution >= 4 is 27.5 Å². The molecule has 1 aromatic heterocycles. The minimum Gasteiger partial charge on any atom is -0.497 e. The van der Waals surface area contributed by atoms with Gasteiger partial charge in [0.2, 0.25) is 5.91 Å². The van der Waals surface area contributed by atoms with Gasteiger partial charge in [-0.25, -0.2) is 4.98 Å². The minimum atomic E-state index is -0.458. The number of amides is 1. The molecule has 2 N–H and O–H groups in total. The monoisotopic (exact) mass is 360 g/mol. The molecule has 4 rings (SSSR count). The normalized spacial score (nSPS) is 10.8. The molecule has 0 saturated heterocycles. The number of hydrogen-bond acceptors (Lipinski definition) is 4. The van der Waals surface area contributed by atoms with E-state index in [1.165, 1.54) is 0 Å². The largest absolute Gasteiger partial charge is 0.497 e. The summed E-state index contributed by atoms with van der Waals surface area (Å²) >= 11 is 1.55. The van der Waals surface area contributed by atoms with Gasteiger partial charge in [0, 0.05) is 11.1 Å². The Bertz CT molecular complexity index is 1070. The molecule has 4 aromatic rings. The number of para-hydroxylation sites is 1. The van der Waals surface area contributed by atoms with Crippen LogP contribution in [0.2, 0.25) is 0 Å². The van der Waals surface area contributed by atoms with Crippen LogP contribution in [0.25, 0.3) is 31.9 Å². The second-order valence-electron chi connectivity index (χ2n) is 5.84. The molecule has 0 spiro atoms. The molecule has 3 aromatic carbocycles. The van der Waals surface area contributed by atoms with Gasteiger partial charge in [-0.15, -0.1) is 11.3 Å². The summed E-state index contributed by atoms with van der Waals surface area (Å²) in [6.45, 7) is 0. The predicted molar refractivity (Wildman–Crippen MR) is 106 cm³/mol. The molecule has 0 aliphatic rings. The van der Waals surface area contributed by atoms with E-state index in [0.717, 1.165) is 37.7 Å². The number of benzene rings is 3. The lowest BCUT2D eigenvalue weighted by Gasteiger charge is -2.09. The van der Waals surface area contributed by atoms with Gasteiger partial charge in [0.25, 0.3) is 0 Å². The number of rotatable bonds is 4. The van der Waals surface area contributed by atoms with Gasteiger partial charge in [-0.2, -0.15) is 0 Å². The Kier molecular flexibility index (Phi) is 4.14. The smallest absolute Gasteiger partial charge is 0.249 e. The Labute approximate surface area is 154 Å². The van der Waals surface area contributed by atoms with Crippen molar-refractivity contribution in [3.63, 3.8) is 0 Å². The Balaban J connectivity index is 1.86. The number of nitrogens with two attached hydrogens (primary N) is 1. The number of ether oxygens (including phenoxy) is 1. The molecule has 4 nitrogen and oxygen atoms in total. The van der Waals surface area contributed by atoms with Crippen molar-refractivity contribution in [2.75, 3.05) is 7.11 Å². The maximum atomic E-state index is 11.9. The molecule has 0 fully saturated rings. The number of hydrogen-bond donors (Lipinski definition) is 1. The van der Waals surface area contributed by atoms with E-state index in [4.69, 9.17) is 10.5 Å². The summed E-state index contributed by atoms with van der Waals surface area (Å²) in [5, 5.41) is 0.787. The number of nitrogens with zero attached hydrogens (tertiary/aromatic N) is 1. The molecule has 1 heterocycles. The molecule has 5 heteroatoms. The zero-order chi connectivity index (χ0) is 18.1. The predicted octanol–water partition coefficient (Wildman–Crippen LogP) is 4.74. The van der Waals surface area contributed by atoms with Gasteiger partial charge in [0.05, 0.1) is 17.3 Å². The van der Waals surface area contributed by atoms with Crippen molar-refractivity contribution in [3.8, 4) is 27.4 Å². The first-order valence-corrected chi connectivity index (χ1v) is 8.91. The van der Waals surface area contributed by atoms with E-state index in [1.54, 1.807) is 24.5 Å². The van der Waals surface area contributed by atoms with E-state index in [9.17, 15) is 4.79 Å². The van der Waals surface area contributed by atoms with E-state index < -0.39 is 5.91 Å². The fourth-order valence-electron chi connectivity index (χ4n) is 2.89. The lowest BCUT2D eigenvalue weighted by molar-refractivity contribution is 0.100. The number of carbonyl (C=O) groups excluding carboxylic acids is 1. The van der Waals surface area contributed by atoms with Gasteiger partial charge in [-0.05, 0) is 47.5 Å². The highest BCUT2D eigenvalue weighted by atomic mass is 32.1.